The third-order valence-corrected chi connectivity index (χ3v) is 7.28. The number of aliphatic imine (C=N–C) groups is 1. The maximum Gasteiger partial charge on any atom is 0.283 e. The summed E-state index contributed by atoms with van der Waals surface area (Å²) in [6.45, 7) is 4.52. The topological polar surface area (TPSA) is 108 Å². The van der Waals surface area contributed by atoms with Crippen molar-refractivity contribution < 1.29 is 19.1 Å². The molecule has 2 amide bonds. The highest BCUT2D eigenvalue weighted by atomic mass is 35.5. The largest absolute Gasteiger partial charge is 0.487 e. The average Bonchev–Trinajstić information content (AvgIpc) is 3.29. The van der Waals surface area contributed by atoms with E-state index in [1.165, 1.54) is 5.01 Å². The van der Waals surface area contributed by atoms with Crippen LogP contribution in [0.4, 0.5) is 0 Å². The molecule has 2 aromatic carbocycles. The average molecular weight is 538 g/mol. The lowest BCUT2D eigenvalue weighted by atomic mass is 10.1. The lowest BCUT2D eigenvalue weighted by Gasteiger charge is -2.26. The number of benzene rings is 2. The predicted molar refractivity (Wildman–Crippen MR) is 144 cm³/mol. The molecule has 3 heterocycles. The van der Waals surface area contributed by atoms with Gasteiger partial charge in [0.15, 0.2) is 5.84 Å². The number of rotatable bonds is 6. The molecule has 5 rings (SSSR count). The highest BCUT2D eigenvalue weighted by Crippen LogP contribution is 2.31. The maximum atomic E-state index is 12.7. The Kier molecular flexibility index (Phi) is 7.40. The van der Waals surface area contributed by atoms with Gasteiger partial charge in [-0.2, -0.15) is 15.1 Å². The van der Waals surface area contributed by atoms with Crippen LogP contribution in [0.1, 0.15) is 23.1 Å². The van der Waals surface area contributed by atoms with Gasteiger partial charge in [0.1, 0.15) is 17.4 Å². The van der Waals surface area contributed by atoms with Crippen molar-refractivity contribution in [2.75, 3.05) is 26.3 Å². The summed E-state index contributed by atoms with van der Waals surface area (Å²) in [5, 5.41) is 15.4. The van der Waals surface area contributed by atoms with E-state index in [0.717, 1.165) is 22.9 Å². The minimum Gasteiger partial charge on any atom is -0.487 e. The molecule has 3 aliphatic rings. The standard InChI is InChI=1S/C26H24ClN5O4S/c1-16-4-2-3-5-18(16)15-36-21-7-6-17(13-20(21)27)12-19-24(28)32-26(29-25(19)34)37-22(30-32)14-23(33)31-8-10-35-11-9-31/h2-7,12-13,28H,8-11,14-15H2,1H3. The summed E-state index contributed by atoms with van der Waals surface area (Å²) in [5.41, 5.74) is 2.90. The lowest BCUT2D eigenvalue weighted by Crippen LogP contribution is -2.41. The first kappa shape index (κ1) is 25.2. The molecular formula is C26H24ClN5O4S. The molecule has 0 aromatic heterocycles. The second kappa shape index (κ2) is 10.9. The van der Waals surface area contributed by atoms with Crippen LogP contribution >= 0.6 is 23.4 Å². The molecule has 1 N–H and O–H groups in total. The molecule has 1 fully saturated rings. The van der Waals surface area contributed by atoms with Crippen molar-refractivity contribution in [3.63, 3.8) is 0 Å². The third kappa shape index (κ3) is 5.61. The van der Waals surface area contributed by atoms with Gasteiger partial charge in [0.2, 0.25) is 11.1 Å². The Hall–Kier alpha value is -3.47. The highest BCUT2D eigenvalue weighted by molar-refractivity contribution is 8.27. The molecule has 3 aliphatic heterocycles. The molecule has 190 valence electrons. The second-order valence-electron chi connectivity index (χ2n) is 8.59. The van der Waals surface area contributed by atoms with Gasteiger partial charge in [0, 0.05) is 13.1 Å². The Labute approximate surface area is 223 Å². The second-order valence-corrected chi connectivity index (χ2v) is 10.0. The first-order chi connectivity index (χ1) is 17.9. The molecule has 0 bridgehead atoms. The van der Waals surface area contributed by atoms with Gasteiger partial charge in [-0.25, -0.2) is 0 Å². The number of nitrogens with zero attached hydrogens (tertiary/aromatic N) is 4. The van der Waals surface area contributed by atoms with Crippen LogP contribution in [0.5, 0.6) is 5.75 Å². The first-order valence-corrected chi connectivity index (χ1v) is 12.9. The molecule has 2 aromatic rings. The van der Waals surface area contributed by atoms with Crippen molar-refractivity contribution >= 4 is 57.3 Å². The van der Waals surface area contributed by atoms with Gasteiger partial charge in [-0.05, 0) is 53.6 Å². The molecule has 0 saturated carbocycles. The van der Waals surface area contributed by atoms with E-state index in [4.69, 9.17) is 26.5 Å². The molecule has 1 saturated heterocycles. The van der Waals surface area contributed by atoms with Crippen molar-refractivity contribution in [2.24, 2.45) is 10.1 Å². The SMILES string of the molecule is Cc1ccccc1COc1ccc(C=C2C(=N)N3N=C(CC(=O)N4CCOCC4)SC3=NC2=O)cc1Cl. The van der Waals surface area contributed by atoms with Gasteiger partial charge in [-0.3, -0.25) is 15.0 Å². The van der Waals surface area contributed by atoms with Gasteiger partial charge in [0.05, 0.1) is 30.2 Å². The van der Waals surface area contributed by atoms with Crippen LogP contribution in [0, 0.1) is 12.3 Å². The fourth-order valence-electron chi connectivity index (χ4n) is 3.98. The molecule has 0 spiro atoms. The molecule has 37 heavy (non-hydrogen) atoms. The number of ether oxygens (including phenoxy) is 2. The molecule has 0 aliphatic carbocycles. The number of thioether (sulfide) groups is 1. The van der Waals surface area contributed by atoms with Crippen LogP contribution in [0.3, 0.4) is 0 Å². The van der Waals surface area contributed by atoms with Crippen LogP contribution in [0.2, 0.25) is 5.02 Å². The summed E-state index contributed by atoms with van der Waals surface area (Å²) in [6.07, 6.45) is 1.64. The number of amides is 2. The number of amidine groups is 2. The van der Waals surface area contributed by atoms with Gasteiger partial charge in [0.25, 0.3) is 5.91 Å². The number of fused-ring (bicyclic) bond motifs is 1. The predicted octanol–water partition coefficient (Wildman–Crippen LogP) is 4.10. The summed E-state index contributed by atoms with van der Waals surface area (Å²) in [6, 6.07) is 13.1. The Morgan fingerprint density at radius 3 is 2.78 bits per heavy atom. The van der Waals surface area contributed by atoms with Crippen molar-refractivity contribution in [2.45, 2.75) is 20.0 Å². The minimum atomic E-state index is -0.546. The quantitative estimate of drug-likeness (QED) is 0.556. The van der Waals surface area contributed by atoms with E-state index in [9.17, 15) is 9.59 Å². The van der Waals surface area contributed by atoms with E-state index in [1.54, 1.807) is 29.2 Å². The number of hydrogen-bond donors (Lipinski definition) is 1. The number of morpholine rings is 1. The Balaban J connectivity index is 1.28. The highest BCUT2D eigenvalue weighted by Gasteiger charge is 2.36. The Bertz CT molecular complexity index is 1370. The van der Waals surface area contributed by atoms with Gasteiger partial charge in [-0.15, -0.1) is 0 Å². The molecule has 0 unspecified atom stereocenters. The number of aryl methyl sites for hydroxylation is 1. The van der Waals surface area contributed by atoms with Crippen molar-refractivity contribution in [3.05, 3.63) is 69.8 Å². The van der Waals surface area contributed by atoms with Crippen LogP contribution in [-0.4, -0.2) is 64.1 Å². The van der Waals surface area contributed by atoms with Gasteiger partial charge >= 0.3 is 0 Å². The van der Waals surface area contributed by atoms with Crippen LogP contribution in [0.15, 0.2) is 58.1 Å². The monoisotopic (exact) mass is 537 g/mol. The zero-order valence-electron chi connectivity index (χ0n) is 20.1. The summed E-state index contributed by atoms with van der Waals surface area (Å²) in [5.74, 6) is -0.196. The fraction of sp³-hybridized carbons (Fsp3) is 0.269. The molecule has 0 radical (unpaired) electrons. The van der Waals surface area contributed by atoms with Crippen molar-refractivity contribution in [1.82, 2.24) is 9.91 Å². The smallest absolute Gasteiger partial charge is 0.283 e. The number of halogens is 1. The number of carbonyl (C=O) groups is 2. The van der Waals surface area contributed by atoms with Gasteiger partial charge in [-0.1, -0.05) is 41.9 Å². The van der Waals surface area contributed by atoms with Crippen molar-refractivity contribution in [1.29, 1.82) is 5.41 Å². The molecular weight excluding hydrogens is 514 g/mol. The fourth-order valence-corrected chi connectivity index (χ4v) is 5.09. The van der Waals surface area contributed by atoms with Gasteiger partial charge < -0.3 is 14.4 Å². The zero-order chi connectivity index (χ0) is 25.9. The Morgan fingerprint density at radius 2 is 2.03 bits per heavy atom. The van der Waals surface area contributed by atoms with E-state index in [-0.39, 0.29) is 28.9 Å². The number of hydrogen-bond acceptors (Lipinski definition) is 7. The lowest BCUT2D eigenvalue weighted by molar-refractivity contribution is -0.133. The van der Waals surface area contributed by atoms with Crippen molar-refractivity contribution in [3.8, 4) is 5.75 Å². The first-order valence-electron chi connectivity index (χ1n) is 11.7. The van der Waals surface area contributed by atoms with Crippen LogP contribution in [-0.2, 0) is 20.9 Å². The van der Waals surface area contributed by atoms with E-state index < -0.39 is 5.91 Å². The Morgan fingerprint density at radius 1 is 1.24 bits per heavy atom. The normalized spacial score (nSPS) is 18.6. The van der Waals surface area contributed by atoms with E-state index in [1.807, 2.05) is 31.2 Å². The maximum absolute atomic E-state index is 12.7. The molecule has 9 nitrogen and oxygen atoms in total. The van der Waals surface area contributed by atoms with Crippen LogP contribution in [0.25, 0.3) is 6.08 Å². The summed E-state index contributed by atoms with van der Waals surface area (Å²) < 4.78 is 11.2. The summed E-state index contributed by atoms with van der Waals surface area (Å²) in [4.78, 5) is 31.1. The number of hydrazone groups is 1. The summed E-state index contributed by atoms with van der Waals surface area (Å²) >= 11 is 7.58. The third-order valence-electron chi connectivity index (χ3n) is 6.07. The van der Waals surface area contributed by atoms with Crippen LogP contribution < -0.4 is 4.74 Å². The molecule has 0 atom stereocenters. The van der Waals surface area contributed by atoms with E-state index >= 15 is 0 Å². The zero-order valence-corrected chi connectivity index (χ0v) is 21.6. The molecule has 11 heteroatoms. The minimum absolute atomic E-state index is 0.0667. The van der Waals surface area contributed by atoms with E-state index in [2.05, 4.69) is 10.1 Å². The summed E-state index contributed by atoms with van der Waals surface area (Å²) in [7, 11) is 0. The van der Waals surface area contributed by atoms with E-state index in [0.29, 0.717) is 54.3 Å². The number of carbonyl (C=O) groups excluding carboxylic acids is 2. The number of nitrogens with one attached hydrogen (secondary N) is 1.